The van der Waals surface area contributed by atoms with E-state index in [0.717, 1.165) is 0 Å². The summed E-state index contributed by atoms with van der Waals surface area (Å²) in [5, 5.41) is 8.88. The van der Waals surface area contributed by atoms with E-state index in [1.54, 1.807) is 19.1 Å². The van der Waals surface area contributed by atoms with Gasteiger partial charge in [0.1, 0.15) is 6.10 Å². The fourth-order valence-electron chi connectivity index (χ4n) is 1.53. The van der Waals surface area contributed by atoms with Crippen LogP contribution in [0.4, 0.5) is 0 Å². The number of aliphatic hydroxyl groups is 1. The van der Waals surface area contributed by atoms with Crippen molar-refractivity contribution in [2.45, 2.75) is 19.3 Å². The summed E-state index contributed by atoms with van der Waals surface area (Å²) in [5.74, 6) is 0. The van der Waals surface area contributed by atoms with Gasteiger partial charge in [-0.05, 0) is 13.0 Å². The molecule has 8 heteroatoms. The molecule has 0 radical (unpaired) electrons. The molecule has 7 nitrogen and oxygen atoms in total. The van der Waals surface area contributed by atoms with Crippen molar-refractivity contribution in [3.63, 3.8) is 0 Å². The molecule has 2 rings (SSSR count). The number of rotatable bonds is 2. The molecule has 18 heavy (non-hydrogen) atoms. The molecule has 1 aliphatic rings. The maximum absolute atomic E-state index is 11.5. The van der Waals surface area contributed by atoms with E-state index < -0.39 is 23.6 Å². The van der Waals surface area contributed by atoms with Crippen molar-refractivity contribution < 1.29 is 15.3 Å². The van der Waals surface area contributed by atoms with Gasteiger partial charge in [-0.1, -0.05) is 6.08 Å². The molecule has 0 aliphatic carbocycles. The normalized spacial score (nSPS) is 21.2. The molecule has 1 aromatic heterocycles. The number of aliphatic hydroxyl groups excluding tert-OH is 1. The monoisotopic (exact) mass is 282 g/mol. The van der Waals surface area contributed by atoms with Gasteiger partial charge in [-0.3, -0.25) is 14.3 Å². The maximum atomic E-state index is 11.5. The van der Waals surface area contributed by atoms with Crippen LogP contribution < -0.4 is 11.2 Å². The SMILES string of the molecule is Cc1cn([C@H]2C=C[C@@H](CO)O2)c(=O)[nH]c1=O.O.[KH]. The summed E-state index contributed by atoms with van der Waals surface area (Å²) in [7, 11) is 0. The molecule has 0 unspecified atom stereocenters. The quantitative estimate of drug-likeness (QED) is 0.474. The summed E-state index contributed by atoms with van der Waals surface area (Å²) in [4.78, 5) is 24.9. The molecule has 0 aromatic carbocycles. The van der Waals surface area contributed by atoms with Crippen LogP contribution >= 0.6 is 0 Å². The van der Waals surface area contributed by atoms with E-state index >= 15 is 0 Å². The number of nitrogens with one attached hydrogen (secondary N) is 1. The zero-order valence-corrected chi connectivity index (χ0v) is 9.21. The molecule has 0 amide bonds. The number of aromatic amines is 1. The summed E-state index contributed by atoms with van der Waals surface area (Å²) in [6.07, 6.45) is 3.82. The van der Waals surface area contributed by atoms with Crippen LogP contribution in [0.5, 0.6) is 0 Å². The Kier molecular flexibility index (Phi) is 7.48. The second-order valence-electron chi connectivity index (χ2n) is 3.61. The standard InChI is InChI=1S/C10H12N2O4.K.H2O.H/c1-6-4-12(10(15)11-9(6)14)8-3-2-7(5-13)16-8;;;/h2-4,7-8,13H,5H2,1H3,(H,11,14,15);;1H2;/t7-,8+;;;/m0.../s1. The first kappa shape index (κ1) is 17.9. The van der Waals surface area contributed by atoms with Gasteiger partial charge < -0.3 is 15.3 Å². The first-order valence-corrected chi connectivity index (χ1v) is 4.88. The number of hydrogen-bond acceptors (Lipinski definition) is 4. The minimum atomic E-state index is -0.569. The van der Waals surface area contributed by atoms with Gasteiger partial charge in [0.15, 0.2) is 6.23 Å². The Morgan fingerprint density at radius 1 is 1.44 bits per heavy atom. The Hall–Kier alpha value is -0.0636. The molecule has 0 fully saturated rings. The number of nitrogens with zero attached hydrogens (tertiary/aromatic N) is 1. The molecular weight excluding hydrogens is 267 g/mol. The van der Waals surface area contributed by atoms with Crippen LogP contribution in [0.1, 0.15) is 11.8 Å². The van der Waals surface area contributed by atoms with Crippen molar-refractivity contribution in [1.82, 2.24) is 9.55 Å². The molecular formula is C10H15KN2O5. The van der Waals surface area contributed by atoms with Gasteiger partial charge in [0.25, 0.3) is 5.56 Å². The second-order valence-corrected chi connectivity index (χ2v) is 3.61. The van der Waals surface area contributed by atoms with E-state index in [9.17, 15) is 9.59 Å². The van der Waals surface area contributed by atoms with Crippen LogP contribution in [0, 0.1) is 6.92 Å². The van der Waals surface area contributed by atoms with Crippen LogP contribution in [0.2, 0.25) is 0 Å². The van der Waals surface area contributed by atoms with E-state index in [0.29, 0.717) is 5.56 Å². The van der Waals surface area contributed by atoms with Crippen LogP contribution in [0.25, 0.3) is 0 Å². The number of aryl methyl sites for hydroxylation is 1. The van der Waals surface area contributed by atoms with Gasteiger partial charge in [-0.15, -0.1) is 0 Å². The summed E-state index contributed by atoms with van der Waals surface area (Å²) in [6.45, 7) is 1.47. The summed E-state index contributed by atoms with van der Waals surface area (Å²) in [5.41, 5.74) is -0.491. The van der Waals surface area contributed by atoms with E-state index in [2.05, 4.69) is 4.98 Å². The van der Waals surface area contributed by atoms with Crippen molar-refractivity contribution in [1.29, 1.82) is 0 Å². The predicted octanol–water partition coefficient (Wildman–Crippen LogP) is -2.18. The second kappa shape index (κ2) is 7.51. The van der Waals surface area contributed by atoms with Gasteiger partial charge >= 0.3 is 57.1 Å². The topological polar surface area (TPSA) is 116 Å². The number of aromatic nitrogens is 2. The van der Waals surface area contributed by atoms with Crippen LogP contribution in [0.3, 0.4) is 0 Å². The van der Waals surface area contributed by atoms with Crippen molar-refractivity contribution in [3.05, 3.63) is 44.8 Å². The summed E-state index contributed by atoms with van der Waals surface area (Å²) >= 11 is 0. The van der Waals surface area contributed by atoms with Crippen LogP contribution in [0.15, 0.2) is 27.9 Å². The molecule has 96 valence electrons. The molecule has 0 saturated heterocycles. The third kappa shape index (κ3) is 3.71. The molecule has 0 spiro atoms. The zero-order valence-electron chi connectivity index (χ0n) is 9.21. The van der Waals surface area contributed by atoms with Crippen molar-refractivity contribution in [2.75, 3.05) is 6.61 Å². The molecule has 0 bridgehead atoms. The summed E-state index contributed by atoms with van der Waals surface area (Å²) < 4.78 is 6.63. The van der Waals surface area contributed by atoms with E-state index in [4.69, 9.17) is 9.84 Å². The fraction of sp³-hybridized carbons (Fsp3) is 0.400. The van der Waals surface area contributed by atoms with E-state index in [1.165, 1.54) is 10.8 Å². The van der Waals surface area contributed by atoms with Crippen LogP contribution in [-0.4, -0.2) is 84.2 Å². The molecule has 4 N–H and O–H groups in total. The first-order chi connectivity index (χ1) is 7.61. The van der Waals surface area contributed by atoms with E-state index in [1.807, 2.05) is 0 Å². The van der Waals surface area contributed by atoms with Gasteiger partial charge in [0, 0.05) is 11.8 Å². The third-order valence-electron chi connectivity index (χ3n) is 2.40. The zero-order chi connectivity index (χ0) is 11.7. The Morgan fingerprint density at radius 3 is 2.67 bits per heavy atom. The molecule has 2 heterocycles. The molecule has 1 aliphatic heterocycles. The molecule has 2 atom stereocenters. The number of H-pyrrole nitrogens is 1. The average Bonchev–Trinajstić information content (AvgIpc) is 2.71. The fourth-order valence-corrected chi connectivity index (χ4v) is 1.53. The van der Waals surface area contributed by atoms with Crippen molar-refractivity contribution in [3.8, 4) is 0 Å². The average molecular weight is 282 g/mol. The van der Waals surface area contributed by atoms with Gasteiger partial charge in [-0.2, -0.15) is 0 Å². The number of hydrogen-bond donors (Lipinski definition) is 2. The molecule has 1 aromatic rings. The first-order valence-electron chi connectivity index (χ1n) is 4.88. The van der Waals surface area contributed by atoms with Gasteiger partial charge in [0.05, 0.1) is 6.61 Å². The third-order valence-corrected chi connectivity index (χ3v) is 2.40. The van der Waals surface area contributed by atoms with Crippen LogP contribution in [-0.2, 0) is 4.74 Å². The predicted molar refractivity (Wildman–Crippen MR) is 67.0 cm³/mol. The number of ether oxygens (including phenoxy) is 1. The Morgan fingerprint density at radius 2 is 2.11 bits per heavy atom. The van der Waals surface area contributed by atoms with E-state index in [-0.39, 0.29) is 63.5 Å². The summed E-state index contributed by atoms with van der Waals surface area (Å²) in [6, 6.07) is 0. The van der Waals surface area contributed by atoms with Gasteiger partial charge in [-0.25, -0.2) is 4.79 Å². The van der Waals surface area contributed by atoms with Gasteiger partial charge in [0.2, 0.25) is 0 Å². The Labute approximate surface area is 145 Å². The Bertz CT molecular complexity index is 536. The molecule has 0 saturated carbocycles. The van der Waals surface area contributed by atoms with Crippen molar-refractivity contribution in [2.24, 2.45) is 0 Å². The Balaban J connectivity index is 0.00000144. The minimum absolute atomic E-state index is 0. The van der Waals surface area contributed by atoms with Crippen molar-refractivity contribution >= 4 is 51.4 Å².